The van der Waals surface area contributed by atoms with Gasteiger partial charge in [-0.25, -0.2) is 0 Å². The van der Waals surface area contributed by atoms with Gasteiger partial charge >= 0.3 is 0 Å². The van der Waals surface area contributed by atoms with Crippen LogP contribution in [0.25, 0.3) is 0 Å². The standard InChI is InChI=1S/C22H28Cl2O4/c1-11-6-15-14-5-4-12-7-13(26)8-18(28)21(12,3)22(14,24)17(23)9-20(15,2)19(11)16(27)10-25/h7,11,14-15,17,19,25H,4-6,8-10H2,1-3H3/t11?,14-,15-,17?,19+,20-,21+,22-/m0/s1. The van der Waals surface area contributed by atoms with E-state index in [0.717, 1.165) is 18.4 Å². The van der Waals surface area contributed by atoms with Crippen LogP contribution >= 0.6 is 23.2 Å². The lowest BCUT2D eigenvalue weighted by atomic mass is 9.45. The van der Waals surface area contributed by atoms with E-state index in [9.17, 15) is 19.5 Å². The van der Waals surface area contributed by atoms with Gasteiger partial charge in [0, 0.05) is 5.92 Å². The minimum atomic E-state index is -0.961. The Bertz CT molecular complexity index is 791. The SMILES string of the molecule is CC1C[C@H]2[C@@H]3CCC4=CC(=O)CC(=O)[C@]4(C)[C@@]3(Cl)C(Cl)C[C@]2(C)[C@H]1C(=O)CO. The fourth-order valence-corrected chi connectivity index (χ4v) is 8.80. The zero-order chi connectivity index (χ0) is 20.6. The molecule has 28 heavy (non-hydrogen) atoms. The predicted octanol–water partition coefficient (Wildman–Crippen LogP) is 3.70. The summed E-state index contributed by atoms with van der Waals surface area (Å²) < 4.78 is 0. The van der Waals surface area contributed by atoms with E-state index in [-0.39, 0.29) is 52.9 Å². The van der Waals surface area contributed by atoms with Crippen LogP contribution in [0.3, 0.4) is 0 Å². The Balaban J connectivity index is 1.83. The number of aliphatic hydroxyl groups is 1. The monoisotopic (exact) mass is 426 g/mol. The molecule has 8 atom stereocenters. The quantitative estimate of drug-likeness (QED) is 0.539. The molecule has 0 radical (unpaired) electrons. The second-order valence-electron chi connectivity index (χ2n) is 9.87. The van der Waals surface area contributed by atoms with E-state index in [1.165, 1.54) is 0 Å². The molecule has 0 heterocycles. The molecule has 4 nitrogen and oxygen atoms in total. The Labute approximate surface area is 176 Å². The van der Waals surface area contributed by atoms with Crippen LogP contribution in [0.4, 0.5) is 0 Å². The molecule has 0 aromatic carbocycles. The van der Waals surface area contributed by atoms with Crippen molar-refractivity contribution in [2.45, 2.75) is 63.1 Å². The second-order valence-corrected chi connectivity index (χ2v) is 11.0. The van der Waals surface area contributed by atoms with Gasteiger partial charge in [-0.2, -0.15) is 0 Å². The topological polar surface area (TPSA) is 71.4 Å². The Morgan fingerprint density at radius 1 is 1.29 bits per heavy atom. The number of aliphatic hydroxyl groups excluding tert-OH is 1. The summed E-state index contributed by atoms with van der Waals surface area (Å²) in [6, 6.07) is 0. The van der Waals surface area contributed by atoms with Gasteiger partial charge < -0.3 is 5.11 Å². The maximum absolute atomic E-state index is 13.1. The van der Waals surface area contributed by atoms with Gasteiger partial charge in [0.15, 0.2) is 17.3 Å². The number of rotatable bonds is 2. The summed E-state index contributed by atoms with van der Waals surface area (Å²) in [4.78, 5) is 36.8. The Morgan fingerprint density at radius 2 is 1.96 bits per heavy atom. The van der Waals surface area contributed by atoms with Gasteiger partial charge in [0.1, 0.15) is 6.61 Å². The van der Waals surface area contributed by atoms with E-state index in [4.69, 9.17) is 23.2 Å². The number of Topliss-reactive ketones (excluding diaryl/α,β-unsaturated/α-hetero) is 2. The van der Waals surface area contributed by atoms with Gasteiger partial charge in [-0.1, -0.05) is 19.4 Å². The lowest BCUT2D eigenvalue weighted by molar-refractivity contribution is -0.140. The summed E-state index contributed by atoms with van der Waals surface area (Å²) in [5.74, 6) is -0.327. The minimum Gasteiger partial charge on any atom is -0.389 e. The smallest absolute Gasteiger partial charge is 0.163 e. The molecule has 0 aliphatic heterocycles. The zero-order valence-electron chi connectivity index (χ0n) is 16.6. The minimum absolute atomic E-state index is 0.00587. The highest BCUT2D eigenvalue weighted by molar-refractivity contribution is 6.35. The number of carbonyl (C=O) groups is 3. The number of hydrogen-bond acceptors (Lipinski definition) is 4. The van der Waals surface area contributed by atoms with Crippen LogP contribution in [0.5, 0.6) is 0 Å². The van der Waals surface area contributed by atoms with E-state index < -0.39 is 22.3 Å². The maximum atomic E-state index is 13.1. The molecule has 4 rings (SSSR count). The zero-order valence-corrected chi connectivity index (χ0v) is 18.1. The highest BCUT2D eigenvalue weighted by Crippen LogP contribution is 2.71. The molecule has 154 valence electrons. The number of allylic oxidation sites excluding steroid dienone is 1. The summed E-state index contributed by atoms with van der Waals surface area (Å²) in [7, 11) is 0. The summed E-state index contributed by atoms with van der Waals surface area (Å²) in [6.45, 7) is 5.61. The first kappa shape index (κ1) is 20.6. The molecule has 2 unspecified atom stereocenters. The molecule has 0 bridgehead atoms. The van der Waals surface area contributed by atoms with E-state index in [0.29, 0.717) is 12.8 Å². The maximum Gasteiger partial charge on any atom is 0.163 e. The highest BCUT2D eigenvalue weighted by atomic mass is 35.5. The fourth-order valence-electron chi connectivity index (χ4n) is 7.52. The van der Waals surface area contributed by atoms with Gasteiger partial charge in [0.25, 0.3) is 0 Å². The van der Waals surface area contributed by atoms with Crippen molar-refractivity contribution in [2.75, 3.05) is 6.61 Å². The first-order chi connectivity index (χ1) is 13.0. The molecule has 6 heteroatoms. The van der Waals surface area contributed by atoms with Gasteiger partial charge in [0.2, 0.25) is 0 Å². The molecule has 0 saturated heterocycles. The number of alkyl halides is 2. The van der Waals surface area contributed by atoms with Crippen molar-refractivity contribution in [3.63, 3.8) is 0 Å². The number of fused-ring (bicyclic) bond motifs is 5. The molecule has 0 amide bonds. The predicted molar refractivity (Wildman–Crippen MR) is 107 cm³/mol. The molecule has 3 fully saturated rings. The molecular weight excluding hydrogens is 399 g/mol. The van der Waals surface area contributed by atoms with Crippen molar-refractivity contribution in [2.24, 2.45) is 34.5 Å². The van der Waals surface area contributed by atoms with Gasteiger partial charge in [-0.15, -0.1) is 23.2 Å². The van der Waals surface area contributed by atoms with E-state index in [1.54, 1.807) is 6.08 Å². The Morgan fingerprint density at radius 3 is 2.61 bits per heavy atom. The molecular formula is C22H28Cl2O4. The molecule has 3 saturated carbocycles. The summed E-state index contributed by atoms with van der Waals surface area (Å²) in [6.07, 6.45) is 4.31. The van der Waals surface area contributed by atoms with Crippen LogP contribution in [0.15, 0.2) is 11.6 Å². The van der Waals surface area contributed by atoms with E-state index in [1.807, 2.05) is 6.92 Å². The lowest BCUT2D eigenvalue weighted by Crippen LogP contribution is -2.67. The Hall–Kier alpha value is -0.710. The molecule has 0 spiro atoms. The number of hydrogen-bond donors (Lipinski definition) is 1. The third kappa shape index (κ3) is 2.31. The van der Waals surface area contributed by atoms with E-state index >= 15 is 0 Å². The van der Waals surface area contributed by atoms with Crippen LogP contribution in [-0.2, 0) is 14.4 Å². The van der Waals surface area contributed by atoms with Crippen molar-refractivity contribution in [3.8, 4) is 0 Å². The van der Waals surface area contributed by atoms with E-state index in [2.05, 4.69) is 13.8 Å². The number of ketones is 3. The van der Waals surface area contributed by atoms with Crippen molar-refractivity contribution < 1.29 is 19.5 Å². The number of carbonyl (C=O) groups excluding carboxylic acids is 3. The van der Waals surface area contributed by atoms with Gasteiger partial charge in [0.05, 0.1) is 22.1 Å². The first-order valence-corrected chi connectivity index (χ1v) is 11.1. The van der Waals surface area contributed by atoms with Crippen molar-refractivity contribution >= 4 is 40.6 Å². The van der Waals surface area contributed by atoms with Gasteiger partial charge in [-0.3, -0.25) is 14.4 Å². The molecule has 0 aromatic heterocycles. The molecule has 1 N–H and O–H groups in total. The Kier molecular flexibility index (Phi) is 4.69. The average Bonchev–Trinajstić information content (AvgIpc) is 2.87. The molecule has 4 aliphatic carbocycles. The van der Waals surface area contributed by atoms with Crippen LogP contribution < -0.4 is 0 Å². The fraction of sp³-hybridized carbons (Fsp3) is 0.773. The third-order valence-electron chi connectivity index (χ3n) is 8.72. The van der Waals surface area contributed by atoms with Crippen molar-refractivity contribution in [3.05, 3.63) is 11.6 Å². The van der Waals surface area contributed by atoms with Crippen molar-refractivity contribution in [1.29, 1.82) is 0 Å². The first-order valence-electron chi connectivity index (χ1n) is 10.3. The summed E-state index contributed by atoms with van der Waals surface area (Å²) in [5.41, 5.74) is -0.454. The van der Waals surface area contributed by atoms with Crippen LogP contribution in [-0.4, -0.2) is 39.3 Å². The van der Waals surface area contributed by atoms with Crippen LogP contribution in [0.1, 0.15) is 52.9 Å². The summed E-state index contributed by atoms with van der Waals surface area (Å²) in [5, 5.41) is 9.03. The van der Waals surface area contributed by atoms with Gasteiger partial charge in [-0.05, 0) is 61.9 Å². The van der Waals surface area contributed by atoms with Crippen molar-refractivity contribution in [1.82, 2.24) is 0 Å². The normalized spacial score (nSPS) is 50.5. The summed E-state index contributed by atoms with van der Waals surface area (Å²) >= 11 is 14.4. The number of halogens is 2. The highest BCUT2D eigenvalue weighted by Gasteiger charge is 2.72. The second kappa shape index (κ2) is 6.39. The van der Waals surface area contributed by atoms with Crippen LogP contribution in [0.2, 0.25) is 0 Å². The third-order valence-corrected chi connectivity index (χ3v) is 10.2. The lowest BCUT2D eigenvalue weighted by Gasteiger charge is -2.63. The average molecular weight is 427 g/mol. The van der Waals surface area contributed by atoms with Crippen LogP contribution in [0, 0.1) is 34.5 Å². The largest absolute Gasteiger partial charge is 0.389 e. The molecule has 4 aliphatic rings. The molecule has 0 aromatic rings.